The standard InChI is InChI=1S/C21H29NO3/c1-14(2)18-10-15(3)21(16(4)11-18)22-13-17-6-7-20(19(23)12-17)25-9-8-24-5/h6-7,10-12,14,22-23H,8-9,13H2,1-5H3. The number of ether oxygens (including phenoxy) is 2. The maximum atomic E-state index is 10.1. The highest BCUT2D eigenvalue weighted by Gasteiger charge is 2.09. The lowest BCUT2D eigenvalue weighted by Gasteiger charge is -2.17. The van der Waals surface area contributed by atoms with Crippen molar-refractivity contribution >= 4 is 5.69 Å². The number of aromatic hydroxyl groups is 1. The van der Waals surface area contributed by atoms with Crippen molar-refractivity contribution in [3.63, 3.8) is 0 Å². The third kappa shape index (κ3) is 5.13. The van der Waals surface area contributed by atoms with E-state index in [0.717, 1.165) is 11.3 Å². The van der Waals surface area contributed by atoms with Gasteiger partial charge in [0, 0.05) is 19.3 Å². The fourth-order valence-corrected chi connectivity index (χ4v) is 2.83. The summed E-state index contributed by atoms with van der Waals surface area (Å²) in [7, 11) is 1.62. The van der Waals surface area contributed by atoms with Gasteiger partial charge in [-0.25, -0.2) is 0 Å². The minimum Gasteiger partial charge on any atom is -0.504 e. The van der Waals surface area contributed by atoms with Crippen molar-refractivity contribution in [1.29, 1.82) is 0 Å². The number of hydrogen-bond acceptors (Lipinski definition) is 4. The molecule has 0 unspecified atom stereocenters. The van der Waals surface area contributed by atoms with Crippen molar-refractivity contribution in [3.05, 3.63) is 52.6 Å². The third-order valence-corrected chi connectivity index (χ3v) is 4.26. The molecular formula is C21H29NO3. The first kappa shape index (κ1) is 19.1. The van der Waals surface area contributed by atoms with Gasteiger partial charge in [0.2, 0.25) is 0 Å². The smallest absolute Gasteiger partial charge is 0.161 e. The molecule has 0 aliphatic heterocycles. The van der Waals surface area contributed by atoms with Gasteiger partial charge in [0.25, 0.3) is 0 Å². The summed E-state index contributed by atoms with van der Waals surface area (Å²) < 4.78 is 10.4. The Labute approximate surface area is 150 Å². The maximum absolute atomic E-state index is 10.1. The molecule has 0 amide bonds. The van der Waals surface area contributed by atoms with Crippen LogP contribution in [0.2, 0.25) is 0 Å². The van der Waals surface area contributed by atoms with Gasteiger partial charge < -0.3 is 19.9 Å². The van der Waals surface area contributed by atoms with Crippen LogP contribution in [0.1, 0.15) is 42.0 Å². The van der Waals surface area contributed by atoms with Crippen LogP contribution in [-0.4, -0.2) is 25.4 Å². The molecule has 2 aromatic carbocycles. The van der Waals surface area contributed by atoms with Crippen LogP contribution in [0.25, 0.3) is 0 Å². The van der Waals surface area contributed by atoms with Crippen LogP contribution >= 0.6 is 0 Å². The van der Waals surface area contributed by atoms with E-state index in [4.69, 9.17) is 9.47 Å². The highest BCUT2D eigenvalue weighted by molar-refractivity contribution is 5.59. The largest absolute Gasteiger partial charge is 0.504 e. The van der Waals surface area contributed by atoms with Gasteiger partial charge in [0.05, 0.1) is 6.61 Å². The SMILES string of the molecule is COCCOc1ccc(CNc2c(C)cc(C(C)C)cc2C)cc1O. The Kier molecular flexibility index (Phi) is 6.71. The molecule has 0 aliphatic rings. The molecule has 136 valence electrons. The summed E-state index contributed by atoms with van der Waals surface area (Å²) in [5.41, 5.74) is 6.00. The topological polar surface area (TPSA) is 50.7 Å². The fourth-order valence-electron chi connectivity index (χ4n) is 2.83. The molecule has 0 aliphatic carbocycles. The number of anilines is 1. The molecule has 2 aromatic rings. The second-order valence-corrected chi connectivity index (χ2v) is 6.68. The second-order valence-electron chi connectivity index (χ2n) is 6.68. The van der Waals surface area contributed by atoms with Crippen molar-refractivity contribution in [2.75, 3.05) is 25.6 Å². The molecule has 0 atom stereocenters. The molecular weight excluding hydrogens is 314 g/mol. The Morgan fingerprint density at radius 1 is 1.04 bits per heavy atom. The van der Waals surface area contributed by atoms with Crippen LogP contribution in [0.5, 0.6) is 11.5 Å². The summed E-state index contributed by atoms with van der Waals surface area (Å²) in [4.78, 5) is 0. The van der Waals surface area contributed by atoms with E-state index >= 15 is 0 Å². The maximum Gasteiger partial charge on any atom is 0.161 e. The van der Waals surface area contributed by atoms with Crippen molar-refractivity contribution in [1.82, 2.24) is 0 Å². The Morgan fingerprint density at radius 3 is 2.28 bits per heavy atom. The molecule has 0 saturated heterocycles. The van der Waals surface area contributed by atoms with E-state index in [0.29, 0.717) is 31.4 Å². The molecule has 4 nitrogen and oxygen atoms in total. The molecule has 25 heavy (non-hydrogen) atoms. The average molecular weight is 343 g/mol. The van der Waals surface area contributed by atoms with Crippen LogP contribution in [0.15, 0.2) is 30.3 Å². The zero-order chi connectivity index (χ0) is 18.4. The molecule has 0 radical (unpaired) electrons. The lowest BCUT2D eigenvalue weighted by atomic mass is 9.97. The van der Waals surface area contributed by atoms with Gasteiger partial charge in [0.1, 0.15) is 6.61 Å². The summed E-state index contributed by atoms with van der Waals surface area (Å²) in [5, 5.41) is 13.6. The molecule has 0 spiro atoms. The van der Waals surface area contributed by atoms with Gasteiger partial charge in [0.15, 0.2) is 11.5 Å². The van der Waals surface area contributed by atoms with E-state index in [1.165, 1.54) is 16.7 Å². The number of phenols is 1. The zero-order valence-electron chi connectivity index (χ0n) is 15.8. The normalized spacial score (nSPS) is 11.0. The van der Waals surface area contributed by atoms with E-state index in [1.54, 1.807) is 19.2 Å². The molecule has 0 bridgehead atoms. The number of methoxy groups -OCH3 is 1. The van der Waals surface area contributed by atoms with Gasteiger partial charge in [-0.15, -0.1) is 0 Å². The minimum absolute atomic E-state index is 0.152. The number of rotatable bonds is 8. The molecule has 0 saturated carbocycles. The first-order chi connectivity index (χ1) is 11.9. The number of hydrogen-bond donors (Lipinski definition) is 2. The highest BCUT2D eigenvalue weighted by Crippen LogP contribution is 2.29. The lowest BCUT2D eigenvalue weighted by Crippen LogP contribution is -2.06. The molecule has 2 N–H and O–H groups in total. The Balaban J connectivity index is 2.05. The number of phenolic OH excluding ortho intramolecular Hbond substituents is 1. The van der Waals surface area contributed by atoms with Gasteiger partial charge in [-0.05, 0) is 54.2 Å². The van der Waals surface area contributed by atoms with Crippen molar-refractivity contribution in [3.8, 4) is 11.5 Å². The predicted molar refractivity (Wildman–Crippen MR) is 103 cm³/mol. The molecule has 0 aromatic heterocycles. The molecule has 4 heteroatoms. The number of nitrogens with one attached hydrogen (secondary N) is 1. The van der Waals surface area contributed by atoms with E-state index in [9.17, 15) is 5.11 Å². The minimum atomic E-state index is 0.152. The Bertz CT molecular complexity index is 687. The van der Waals surface area contributed by atoms with Gasteiger partial charge >= 0.3 is 0 Å². The van der Waals surface area contributed by atoms with Crippen LogP contribution in [0.4, 0.5) is 5.69 Å². The van der Waals surface area contributed by atoms with Crippen LogP contribution in [-0.2, 0) is 11.3 Å². The van der Waals surface area contributed by atoms with Gasteiger partial charge in [-0.2, -0.15) is 0 Å². The summed E-state index contributed by atoms with van der Waals surface area (Å²) in [6.45, 7) is 10.2. The summed E-state index contributed by atoms with van der Waals surface area (Å²) in [5.74, 6) is 1.16. The summed E-state index contributed by atoms with van der Waals surface area (Å²) >= 11 is 0. The lowest BCUT2D eigenvalue weighted by molar-refractivity contribution is 0.144. The highest BCUT2D eigenvalue weighted by atomic mass is 16.5. The first-order valence-corrected chi connectivity index (χ1v) is 8.71. The third-order valence-electron chi connectivity index (χ3n) is 4.26. The summed E-state index contributed by atoms with van der Waals surface area (Å²) in [6.07, 6.45) is 0. The zero-order valence-corrected chi connectivity index (χ0v) is 15.8. The van der Waals surface area contributed by atoms with E-state index in [-0.39, 0.29) is 5.75 Å². The van der Waals surface area contributed by atoms with Gasteiger partial charge in [-0.3, -0.25) is 0 Å². The van der Waals surface area contributed by atoms with Crippen LogP contribution in [0.3, 0.4) is 0 Å². The van der Waals surface area contributed by atoms with E-state index < -0.39 is 0 Å². The van der Waals surface area contributed by atoms with E-state index in [2.05, 4.69) is 45.1 Å². The van der Waals surface area contributed by atoms with E-state index in [1.807, 2.05) is 6.07 Å². The predicted octanol–water partition coefficient (Wildman–Crippen LogP) is 4.77. The summed E-state index contributed by atoms with van der Waals surface area (Å²) in [6, 6.07) is 9.97. The van der Waals surface area contributed by atoms with Crippen molar-refractivity contribution in [2.45, 2.75) is 40.2 Å². The van der Waals surface area contributed by atoms with Crippen LogP contribution < -0.4 is 10.1 Å². The average Bonchev–Trinajstić information content (AvgIpc) is 2.56. The number of aryl methyl sites for hydroxylation is 2. The molecule has 2 rings (SSSR count). The molecule has 0 heterocycles. The van der Waals surface area contributed by atoms with Gasteiger partial charge in [-0.1, -0.05) is 32.0 Å². The monoisotopic (exact) mass is 343 g/mol. The Morgan fingerprint density at radius 2 is 1.72 bits per heavy atom. The second kappa shape index (κ2) is 8.77. The first-order valence-electron chi connectivity index (χ1n) is 8.71. The van der Waals surface area contributed by atoms with Crippen molar-refractivity contribution in [2.24, 2.45) is 0 Å². The molecule has 0 fully saturated rings. The quantitative estimate of drug-likeness (QED) is 0.678. The number of benzene rings is 2. The van der Waals surface area contributed by atoms with Crippen molar-refractivity contribution < 1.29 is 14.6 Å². The Hall–Kier alpha value is -2.20. The van der Waals surface area contributed by atoms with Crippen LogP contribution in [0, 0.1) is 13.8 Å². The fraction of sp³-hybridized carbons (Fsp3) is 0.429.